The number of hydrogen-bond acceptors (Lipinski definition) is 6. The number of imide groups is 1. The molecule has 0 saturated heterocycles. The molecule has 1 aliphatic heterocycles. The molecule has 3 aromatic rings. The Labute approximate surface area is 189 Å². The second kappa shape index (κ2) is 9.82. The van der Waals surface area contributed by atoms with E-state index in [2.05, 4.69) is 20.6 Å². The van der Waals surface area contributed by atoms with Crippen molar-refractivity contribution in [3.63, 3.8) is 0 Å². The number of amides is 4. The van der Waals surface area contributed by atoms with Gasteiger partial charge in [0, 0.05) is 31.9 Å². The molecule has 2 N–H and O–H groups in total. The van der Waals surface area contributed by atoms with Crippen molar-refractivity contribution in [1.29, 1.82) is 0 Å². The Balaban J connectivity index is 1.45. The predicted molar refractivity (Wildman–Crippen MR) is 118 cm³/mol. The van der Waals surface area contributed by atoms with Crippen LogP contribution in [0.25, 0.3) is 0 Å². The summed E-state index contributed by atoms with van der Waals surface area (Å²) in [6.07, 6.45) is 4.38. The third-order valence-corrected chi connectivity index (χ3v) is 5.22. The largest absolute Gasteiger partial charge is 0.353 e. The highest BCUT2D eigenvalue weighted by Crippen LogP contribution is 2.26. The monoisotopic (exact) mass is 443 g/mol. The molecule has 1 aromatic heterocycles. The van der Waals surface area contributed by atoms with Gasteiger partial charge in [-0.1, -0.05) is 42.5 Å². The molecular weight excluding hydrogens is 422 g/mol. The number of hydrogen-bond donors (Lipinski definition) is 2. The number of nitrogens with one attached hydrogen (secondary N) is 2. The first-order chi connectivity index (χ1) is 16.1. The third-order valence-electron chi connectivity index (χ3n) is 5.22. The lowest BCUT2D eigenvalue weighted by molar-refractivity contribution is -0.125. The standard InChI is InChI=1S/C24H21N5O4/c30-21(19-15-25-10-11-26-19)27-12-13-28-22(31)20(14-16-6-2-1-3-7-16)29-23(32)17-8-4-5-9-18(17)24(29)33/h1-11,15,20H,12-14H2,(H,27,30)(H,28,31). The highest BCUT2D eigenvalue weighted by molar-refractivity contribution is 6.22. The van der Waals surface area contributed by atoms with Gasteiger partial charge in [-0.05, 0) is 17.7 Å². The summed E-state index contributed by atoms with van der Waals surface area (Å²) in [5, 5.41) is 5.36. The number of rotatable bonds is 8. The van der Waals surface area contributed by atoms with Crippen LogP contribution in [0.15, 0.2) is 73.2 Å². The molecule has 4 rings (SSSR count). The second-order valence-electron chi connectivity index (χ2n) is 7.37. The molecule has 166 valence electrons. The van der Waals surface area contributed by atoms with E-state index in [0.717, 1.165) is 10.5 Å². The zero-order valence-electron chi connectivity index (χ0n) is 17.6. The van der Waals surface area contributed by atoms with Gasteiger partial charge in [0.25, 0.3) is 17.7 Å². The van der Waals surface area contributed by atoms with Crippen molar-refractivity contribution < 1.29 is 19.2 Å². The van der Waals surface area contributed by atoms with Crippen LogP contribution >= 0.6 is 0 Å². The number of nitrogens with zero attached hydrogens (tertiary/aromatic N) is 3. The molecule has 0 spiro atoms. The average molecular weight is 443 g/mol. The lowest BCUT2D eigenvalue weighted by atomic mass is 10.0. The Hall–Kier alpha value is -4.40. The van der Waals surface area contributed by atoms with Crippen molar-refractivity contribution in [3.8, 4) is 0 Å². The van der Waals surface area contributed by atoms with Crippen LogP contribution in [0.4, 0.5) is 0 Å². The normalized spacial score (nSPS) is 13.4. The van der Waals surface area contributed by atoms with E-state index in [1.165, 1.54) is 18.6 Å². The zero-order valence-corrected chi connectivity index (χ0v) is 17.6. The molecule has 2 heterocycles. The molecule has 1 atom stereocenters. The molecule has 0 aliphatic carbocycles. The summed E-state index contributed by atoms with van der Waals surface area (Å²) >= 11 is 0. The van der Waals surface area contributed by atoms with Crippen LogP contribution in [0.2, 0.25) is 0 Å². The van der Waals surface area contributed by atoms with Crippen molar-refractivity contribution in [2.75, 3.05) is 13.1 Å². The fourth-order valence-corrected chi connectivity index (χ4v) is 3.62. The lowest BCUT2D eigenvalue weighted by Gasteiger charge is -2.25. The van der Waals surface area contributed by atoms with E-state index < -0.39 is 29.7 Å². The number of fused-ring (bicyclic) bond motifs is 1. The number of carbonyl (C=O) groups is 4. The maximum Gasteiger partial charge on any atom is 0.271 e. The molecule has 0 bridgehead atoms. The molecule has 9 heteroatoms. The van der Waals surface area contributed by atoms with Gasteiger partial charge in [0.2, 0.25) is 5.91 Å². The van der Waals surface area contributed by atoms with Crippen molar-refractivity contribution in [1.82, 2.24) is 25.5 Å². The first-order valence-corrected chi connectivity index (χ1v) is 10.4. The first kappa shape index (κ1) is 21.8. The summed E-state index contributed by atoms with van der Waals surface area (Å²) in [4.78, 5) is 59.9. The Morgan fingerprint density at radius 3 is 2.12 bits per heavy atom. The van der Waals surface area contributed by atoms with Crippen molar-refractivity contribution in [3.05, 3.63) is 95.6 Å². The first-order valence-electron chi connectivity index (χ1n) is 10.4. The summed E-state index contributed by atoms with van der Waals surface area (Å²) < 4.78 is 0. The summed E-state index contributed by atoms with van der Waals surface area (Å²) in [6, 6.07) is 14.7. The van der Waals surface area contributed by atoms with Gasteiger partial charge in [0.05, 0.1) is 17.3 Å². The van der Waals surface area contributed by atoms with Crippen molar-refractivity contribution >= 4 is 23.6 Å². The molecule has 1 aliphatic rings. The van der Waals surface area contributed by atoms with E-state index in [1.807, 2.05) is 30.3 Å². The summed E-state index contributed by atoms with van der Waals surface area (Å²) in [6.45, 7) is 0.251. The van der Waals surface area contributed by atoms with Gasteiger partial charge in [-0.2, -0.15) is 0 Å². The smallest absolute Gasteiger partial charge is 0.271 e. The van der Waals surface area contributed by atoms with E-state index in [-0.39, 0.29) is 36.3 Å². The number of carbonyl (C=O) groups excluding carboxylic acids is 4. The predicted octanol–water partition coefficient (Wildman–Crippen LogP) is 1.23. The number of benzene rings is 2. The van der Waals surface area contributed by atoms with E-state index in [4.69, 9.17) is 0 Å². The van der Waals surface area contributed by atoms with Gasteiger partial charge >= 0.3 is 0 Å². The second-order valence-corrected chi connectivity index (χ2v) is 7.37. The van der Waals surface area contributed by atoms with Crippen molar-refractivity contribution in [2.45, 2.75) is 12.5 Å². The van der Waals surface area contributed by atoms with E-state index in [0.29, 0.717) is 0 Å². The number of aromatic nitrogens is 2. The molecule has 9 nitrogen and oxygen atoms in total. The van der Waals surface area contributed by atoms with Gasteiger partial charge in [0.1, 0.15) is 11.7 Å². The SMILES string of the molecule is O=C(NCCNC(=O)C(Cc1ccccc1)N1C(=O)c2ccccc2C1=O)c1cnccn1. The Morgan fingerprint density at radius 1 is 0.848 bits per heavy atom. The highest BCUT2D eigenvalue weighted by atomic mass is 16.2. The fourth-order valence-electron chi connectivity index (χ4n) is 3.62. The highest BCUT2D eigenvalue weighted by Gasteiger charge is 2.42. The van der Waals surface area contributed by atoms with Crippen LogP contribution in [0.5, 0.6) is 0 Å². The van der Waals surface area contributed by atoms with Crippen LogP contribution in [-0.2, 0) is 11.2 Å². The molecule has 0 saturated carbocycles. The minimum atomic E-state index is -1.03. The minimum Gasteiger partial charge on any atom is -0.353 e. The third kappa shape index (κ3) is 4.77. The van der Waals surface area contributed by atoms with Crippen LogP contribution < -0.4 is 10.6 Å². The molecule has 0 fully saturated rings. The lowest BCUT2D eigenvalue weighted by Crippen LogP contribution is -2.51. The molecule has 0 radical (unpaired) electrons. The van der Waals surface area contributed by atoms with Gasteiger partial charge in [0.15, 0.2) is 0 Å². The maximum atomic E-state index is 13.1. The Morgan fingerprint density at radius 2 is 1.48 bits per heavy atom. The van der Waals surface area contributed by atoms with Gasteiger partial charge in [-0.25, -0.2) is 4.98 Å². The van der Waals surface area contributed by atoms with E-state index >= 15 is 0 Å². The quantitative estimate of drug-likeness (QED) is 0.399. The molecule has 4 amide bonds. The average Bonchev–Trinajstić information content (AvgIpc) is 3.11. The molecule has 1 unspecified atom stereocenters. The topological polar surface area (TPSA) is 121 Å². The zero-order chi connectivity index (χ0) is 23.2. The Bertz CT molecular complexity index is 1150. The molecule has 33 heavy (non-hydrogen) atoms. The summed E-state index contributed by atoms with van der Waals surface area (Å²) in [5.74, 6) is -1.90. The minimum absolute atomic E-state index is 0.110. The van der Waals surface area contributed by atoms with Crippen LogP contribution in [0.3, 0.4) is 0 Å². The Kier molecular flexibility index (Phi) is 6.49. The summed E-state index contributed by atoms with van der Waals surface area (Å²) in [5.41, 5.74) is 1.54. The molecule has 2 aromatic carbocycles. The molecular formula is C24H21N5O4. The van der Waals surface area contributed by atoms with Crippen LogP contribution in [0.1, 0.15) is 36.8 Å². The maximum absolute atomic E-state index is 13.1. The van der Waals surface area contributed by atoms with Crippen molar-refractivity contribution in [2.24, 2.45) is 0 Å². The van der Waals surface area contributed by atoms with Gasteiger partial charge < -0.3 is 10.6 Å². The van der Waals surface area contributed by atoms with E-state index in [9.17, 15) is 19.2 Å². The van der Waals surface area contributed by atoms with Gasteiger partial charge in [-0.15, -0.1) is 0 Å². The van der Waals surface area contributed by atoms with Crippen LogP contribution in [0, 0.1) is 0 Å². The van der Waals surface area contributed by atoms with Crippen LogP contribution in [-0.4, -0.2) is 57.6 Å². The summed E-state index contributed by atoms with van der Waals surface area (Å²) in [7, 11) is 0. The fraction of sp³-hybridized carbons (Fsp3) is 0.167. The van der Waals surface area contributed by atoms with E-state index in [1.54, 1.807) is 24.3 Å². The van der Waals surface area contributed by atoms with Gasteiger partial charge in [-0.3, -0.25) is 29.1 Å².